The third-order valence-corrected chi connectivity index (χ3v) is 11.2. The zero-order valence-corrected chi connectivity index (χ0v) is 26.5. The molecule has 2 saturated carbocycles. The standard InChI is InChI=1S/C33H42ClNO7S/c1-40-31(22-5-3-7-26(16-22)42-43(2,38)39)27-11-8-24(27)18-35-19-33(14-4-6-21-15-25(34)10-12-28(21)33)20-41-30-13-9-23(32(36)37)17-29(30)35/h9-10,12-13,15,17,22,24,26-27,31H,3-8,11,14,16,18-20H2,1-2H3,(H,36,37)/t22-,24-,26-,27+,31+,33?/m0/s1. The molecule has 3 aliphatic carbocycles. The summed E-state index contributed by atoms with van der Waals surface area (Å²) >= 11 is 6.40. The second-order valence-corrected chi connectivity index (χ2v) is 15.2. The van der Waals surface area contributed by atoms with Crippen molar-refractivity contribution in [1.82, 2.24) is 0 Å². The molecule has 0 radical (unpaired) electrons. The van der Waals surface area contributed by atoms with Gasteiger partial charge in [0.15, 0.2) is 0 Å². The Bertz CT molecular complexity index is 1470. The van der Waals surface area contributed by atoms with Crippen LogP contribution in [-0.2, 0) is 30.9 Å². The highest BCUT2D eigenvalue weighted by Gasteiger charge is 2.46. The molecular formula is C33H42ClNO7S. The number of aromatic carboxylic acids is 1. The maximum atomic E-state index is 12.0. The van der Waals surface area contributed by atoms with Crippen molar-refractivity contribution in [3.05, 3.63) is 58.1 Å². The number of carbonyl (C=O) groups is 1. The number of fused-ring (bicyclic) bond motifs is 3. The molecule has 43 heavy (non-hydrogen) atoms. The first-order valence-electron chi connectivity index (χ1n) is 15.5. The topological polar surface area (TPSA) is 102 Å². The summed E-state index contributed by atoms with van der Waals surface area (Å²) in [5, 5.41) is 10.6. The molecule has 234 valence electrons. The van der Waals surface area contributed by atoms with Crippen LogP contribution in [0.5, 0.6) is 5.75 Å². The summed E-state index contributed by atoms with van der Waals surface area (Å²) in [5.41, 5.74) is 3.39. The normalized spacial score (nSPS) is 29.5. The molecule has 0 saturated heterocycles. The molecule has 2 aromatic carbocycles. The Morgan fingerprint density at radius 1 is 1.16 bits per heavy atom. The molecule has 6 rings (SSSR count). The maximum Gasteiger partial charge on any atom is 0.335 e. The Kier molecular flexibility index (Phi) is 8.72. The molecule has 1 N–H and O–H groups in total. The van der Waals surface area contributed by atoms with Crippen LogP contribution in [0.2, 0.25) is 5.02 Å². The van der Waals surface area contributed by atoms with E-state index < -0.39 is 16.1 Å². The number of hydrogen-bond acceptors (Lipinski definition) is 7. The van der Waals surface area contributed by atoms with Crippen molar-refractivity contribution in [1.29, 1.82) is 0 Å². The molecule has 0 bridgehead atoms. The first-order valence-corrected chi connectivity index (χ1v) is 17.7. The monoisotopic (exact) mass is 631 g/mol. The number of aryl methyl sites for hydroxylation is 1. The van der Waals surface area contributed by atoms with Crippen molar-refractivity contribution in [3.8, 4) is 5.75 Å². The van der Waals surface area contributed by atoms with Crippen molar-refractivity contribution in [3.63, 3.8) is 0 Å². The van der Waals surface area contributed by atoms with Crippen LogP contribution in [0, 0.1) is 17.8 Å². The minimum Gasteiger partial charge on any atom is -0.490 e. The van der Waals surface area contributed by atoms with Crippen molar-refractivity contribution in [2.75, 3.05) is 38.0 Å². The molecular weight excluding hydrogens is 590 g/mol. The number of rotatable bonds is 8. The van der Waals surface area contributed by atoms with Crippen molar-refractivity contribution in [2.45, 2.75) is 75.4 Å². The van der Waals surface area contributed by atoms with E-state index in [1.165, 1.54) is 11.1 Å². The fourth-order valence-electron chi connectivity index (χ4n) is 8.32. The Morgan fingerprint density at radius 3 is 2.72 bits per heavy atom. The number of halogens is 1. The van der Waals surface area contributed by atoms with E-state index in [0.29, 0.717) is 24.9 Å². The van der Waals surface area contributed by atoms with E-state index in [4.69, 9.17) is 25.3 Å². The number of carboxylic acid groups (broad SMARTS) is 1. The molecule has 6 atom stereocenters. The van der Waals surface area contributed by atoms with Gasteiger partial charge in [0.25, 0.3) is 10.1 Å². The lowest BCUT2D eigenvalue weighted by Crippen LogP contribution is -2.51. The summed E-state index contributed by atoms with van der Waals surface area (Å²) in [6.45, 7) is 2.02. The van der Waals surface area contributed by atoms with Gasteiger partial charge in [0.1, 0.15) is 5.75 Å². The van der Waals surface area contributed by atoms with Gasteiger partial charge in [-0.15, -0.1) is 0 Å². The third kappa shape index (κ3) is 6.42. The van der Waals surface area contributed by atoms with E-state index in [0.717, 1.165) is 87.2 Å². The van der Waals surface area contributed by atoms with Gasteiger partial charge in [0, 0.05) is 30.6 Å². The van der Waals surface area contributed by atoms with Crippen LogP contribution in [0.4, 0.5) is 5.69 Å². The van der Waals surface area contributed by atoms with Crippen molar-refractivity contribution in [2.24, 2.45) is 17.8 Å². The van der Waals surface area contributed by atoms with Gasteiger partial charge in [0.05, 0.1) is 36.3 Å². The lowest BCUT2D eigenvalue weighted by atomic mass is 9.65. The average Bonchev–Trinajstić information content (AvgIpc) is 3.10. The lowest BCUT2D eigenvalue weighted by Gasteiger charge is -2.48. The van der Waals surface area contributed by atoms with E-state index in [9.17, 15) is 18.3 Å². The zero-order chi connectivity index (χ0) is 30.4. The first-order chi connectivity index (χ1) is 20.5. The summed E-state index contributed by atoms with van der Waals surface area (Å²) in [4.78, 5) is 14.4. The molecule has 4 aliphatic rings. The Morgan fingerprint density at radius 2 is 2.00 bits per heavy atom. The Labute approximate surface area is 259 Å². The third-order valence-electron chi connectivity index (χ3n) is 10.4. The van der Waals surface area contributed by atoms with E-state index >= 15 is 0 Å². The van der Waals surface area contributed by atoms with Gasteiger partial charge in [-0.1, -0.05) is 24.1 Å². The summed E-state index contributed by atoms with van der Waals surface area (Å²) < 4.78 is 41.7. The number of ether oxygens (including phenoxy) is 2. The number of benzene rings is 2. The molecule has 2 fully saturated rings. The Balaban J connectivity index is 1.28. The van der Waals surface area contributed by atoms with Gasteiger partial charge in [-0.3, -0.25) is 4.18 Å². The van der Waals surface area contributed by atoms with E-state index in [-0.39, 0.29) is 29.1 Å². The van der Waals surface area contributed by atoms with Crippen LogP contribution in [0.25, 0.3) is 0 Å². The second-order valence-electron chi connectivity index (χ2n) is 13.1. The van der Waals surface area contributed by atoms with E-state index in [1.807, 2.05) is 6.07 Å². The highest BCUT2D eigenvalue weighted by molar-refractivity contribution is 7.86. The van der Waals surface area contributed by atoms with Crippen LogP contribution in [0.15, 0.2) is 36.4 Å². The highest BCUT2D eigenvalue weighted by Crippen LogP contribution is 2.48. The molecule has 1 unspecified atom stereocenters. The minimum atomic E-state index is -3.51. The van der Waals surface area contributed by atoms with Crippen LogP contribution in [0.3, 0.4) is 0 Å². The van der Waals surface area contributed by atoms with Crippen LogP contribution < -0.4 is 9.64 Å². The zero-order valence-electron chi connectivity index (χ0n) is 25.0. The van der Waals surface area contributed by atoms with Crippen molar-refractivity contribution < 1.29 is 32.0 Å². The quantitative estimate of drug-likeness (QED) is 0.350. The van der Waals surface area contributed by atoms with Gasteiger partial charge < -0.3 is 19.5 Å². The summed E-state index contributed by atoms with van der Waals surface area (Å²) in [6, 6.07) is 11.4. The van der Waals surface area contributed by atoms with E-state index in [2.05, 4.69) is 17.0 Å². The number of methoxy groups -OCH3 is 1. The summed E-state index contributed by atoms with van der Waals surface area (Å²) in [6.07, 6.45) is 9.31. The SMILES string of the molecule is CO[C@H]([C@H]1CCC[C@H](OS(C)(=O)=O)C1)[C@@H]1CC[C@H]1CN1CC2(CCCc3cc(Cl)ccc32)COc2ccc(C(=O)O)cc21. The van der Waals surface area contributed by atoms with Gasteiger partial charge in [0.2, 0.25) is 0 Å². The van der Waals surface area contributed by atoms with Crippen LogP contribution in [-0.4, -0.2) is 64.8 Å². The average molecular weight is 632 g/mol. The molecule has 1 heterocycles. The molecule has 1 spiro atoms. The number of hydrogen-bond donors (Lipinski definition) is 1. The van der Waals surface area contributed by atoms with Crippen LogP contribution in [0.1, 0.15) is 72.9 Å². The molecule has 2 aromatic rings. The van der Waals surface area contributed by atoms with Gasteiger partial charge in [-0.05, 0) is 111 Å². The van der Waals surface area contributed by atoms with Gasteiger partial charge >= 0.3 is 5.97 Å². The fourth-order valence-corrected chi connectivity index (χ4v) is 9.18. The van der Waals surface area contributed by atoms with Crippen LogP contribution >= 0.6 is 11.6 Å². The minimum absolute atomic E-state index is 0.0178. The lowest BCUT2D eigenvalue weighted by molar-refractivity contribution is -0.0693. The van der Waals surface area contributed by atoms with Gasteiger partial charge in [-0.2, -0.15) is 8.42 Å². The fraction of sp³-hybridized carbons (Fsp3) is 0.606. The summed E-state index contributed by atoms with van der Waals surface area (Å²) in [7, 11) is -1.74. The second kappa shape index (κ2) is 12.2. The predicted molar refractivity (Wildman–Crippen MR) is 166 cm³/mol. The maximum absolute atomic E-state index is 12.0. The van der Waals surface area contributed by atoms with Gasteiger partial charge in [-0.25, -0.2) is 4.79 Å². The smallest absolute Gasteiger partial charge is 0.335 e. The molecule has 0 amide bonds. The number of carboxylic acids is 1. The number of anilines is 1. The predicted octanol–water partition coefficient (Wildman–Crippen LogP) is 6.09. The molecule has 8 nitrogen and oxygen atoms in total. The Hall–Kier alpha value is -2.33. The first kappa shape index (κ1) is 30.7. The van der Waals surface area contributed by atoms with E-state index in [1.54, 1.807) is 25.3 Å². The summed E-state index contributed by atoms with van der Waals surface area (Å²) in [5.74, 6) is 0.679. The largest absolute Gasteiger partial charge is 0.490 e. The number of nitrogens with zero attached hydrogens (tertiary/aromatic N) is 1. The molecule has 1 aliphatic heterocycles. The molecule has 10 heteroatoms. The van der Waals surface area contributed by atoms with Crippen molar-refractivity contribution >= 4 is 33.4 Å². The highest BCUT2D eigenvalue weighted by atomic mass is 35.5. The molecule has 0 aromatic heterocycles.